The van der Waals surface area contributed by atoms with Crippen molar-refractivity contribution in [3.63, 3.8) is 0 Å². The Kier molecular flexibility index (Phi) is 7.91. The van der Waals surface area contributed by atoms with E-state index in [2.05, 4.69) is 16.0 Å². The number of urea groups is 1. The van der Waals surface area contributed by atoms with Crippen LogP contribution < -0.4 is 16.0 Å². The van der Waals surface area contributed by atoms with Crippen molar-refractivity contribution in [2.75, 3.05) is 23.8 Å². The van der Waals surface area contributed by atoms with Gasteiger partial charge in [-0.25, -0.2) is 4.79 Å². The predicted octanol–water partition coefficient (Wildman–Crippen LogP) is 3.69. The van der Waals surface area contributed by atoms with Crippen LogP contribution in [-0.2, 0) is 14.3 Å². The average molecular weight is 410 g/mol. The Bertz CT molecular complexity index is 816. The first kappa shape index (κ1) is 20.5. The standard InChI is InChI=1S/C18H17Cl2N3O4/c19-14-7-6-13(10-15(14)20)22-16(24)11-27-17(25)8-9-21-18(26)23-12-4-2-1-3-5-12/h1-7,10H,8-9,11H2,(H,22,24)(H2,21,23,26). The molecule has 0 aliphatic heterocycles. The van der Waals surface area contributed by atoms with Crippen LogP contribution in [0, 0.1) is 0 Å². The fourth-order valence-corrected chi connectivity index (χ4v) is 2.26. The van der Waals surface area contributed by atoms with Crippen LogP contribution in [0.25, 0.3) is 0 Å². The molecule has 0 saturated carbocycles. The number of esters is 1. The van der Waals surface area contributed by atoms with Crippen molar-refractivity contribution in [1.29, 1.82) is 0 Å². The zero-order chi connectivity index (χ0) is 19.6. The molecule has 2 aromatic rings. The quantitative estimate of drug-likeness (QED) is 0.607. The smallest absolute Gasteiger partial charge is 0.319 e. The minimum atomic E-state index is -0.612. The summed E-state index contributed by atoms with van der Waals surface area (Å²) in [7, 11) is 0. The second-order valence-electron chi connectivity index (χ2n) is 5.33. The molecule has 2 rings (SSSR count). The number of hydrogen-bond acceptors (Lipinski definition) is 4. The molecule has 0 spiro atoms. The van der Waals surface area contributed by atoms with Crippen molar-refractivity contribution in [2.45, 2.75) is 6.42 Å². The summed E-state index contributed by atoms with van der Waals surface area (Å²) in [5.74, 6) is -1.13. The Hall–Kier alpha value is -2.77. The molecular weight excluding hydrogens is 393 g/mol. The molecule has 0 heterocycles. The van der Waals surface area contributed by atoms with Crippen LogP contribution in [0.15, 0.2) is 48.5 Å². The van der Waals surface area contributed by atoms with E-state index in [4.69, 9.17) is 27.9 Å². The Morgan fingerprint density at radius 1 is 0.889 bits per heavy atom. The highest BCUT2D eigenvalue weighted by Gasteiger charge is 2.09. The monoisotopic (exact) mass is 409 g/mol. The first-order chi connectivity index (χ1) is 12.9. The molecular formula is C18H17Cl2N3O4. The van der Waals surface area contributed by atoms with Crippen LogP contribution >= 0.6 is 23.2 Å². The van der Waals surface area contributed by atoms with Gasteiger partial charge in [-0.05, 0) is 30.3 Å². The molecule has 0 aliphatic carbocycles. The van der Waals surface area contributed by atoms with Crippen molar-refractivity contribution in [2.24, 2.45) is 0 Å². The number of ether oxygens (including phenoxy) is 1. The lowest BCUT2D eigenvalue weighted by Crippen LogP contribution is -2.31. The first-order valence-electron chi connectivity index (χ1n) is 7.94. The second-order valence-corrected chi connectivity index (χ2v) is 6.15. The van der Waals surface area contributed by atoms with Gasteiger partial charge in [0.2, 0.25) is 0 Å². The van der Waals surface area contributed by atoms with Gasteiger partial charge in [0.25, 0.3) is 5.91 Å². The molecule has 0 bridgehead atoms. The third-order valence-electron chi connectivity index (χ3n) is 3.21. The van der Waals surface area contributed by atoms with Gasteiger partial charge >= 0.3 is 12.0 Å². The van der Waals surface area contributed by atoms with E-state index in [1.807, 2.05) is 6.07 Å². The van der Waals surface area contributed by atoms with Crippen molar-refractivity contribution >= 4 is 52.5 Å². The summed E-state index contributed by atoms with van der Waals surface area (Å²) in [5, 5.41) is 8.33. The molecule has 3 N–H and O–H groups in total. The van der Waals surface area contributed by atoms with E-state index in [9.17, 15) is 14.4 Å². The summed E-state index contributed by atoms with van der Waals surface area (Å²) in [6.45, 7) is -0.374. The third kappa shape index (κ3) is 7.55. The van der Waals surface area contributed by atoms with Crippen molar-refractivity contribution < 1.29 is 19.1 Å². The summed E-state index contributed by atoms with van der Waals surface area (Å²) < 4.78 is 4.85. The van der Waals surface area contributed by atoms with Crippen LogP contribution in [0.5, 0.6) is 0 Å². The highest BCUT2D eigenvalue weighted by Crippen LogP contribution is 2.24. The number of benzene rings is 2. The van der Waals surface area contributed by atoms with Crippen LogP contribution in [0.2, 0.25) is 10.0 Å². The number of halogens is 2. The van der Waals surface area contributed by atoms with Crippen LogP contribution in [0.1, 0.15) is 6.42 Å². The van der Waals surface area contributed by atoms with Gasteiger partial charge in [-0.3, -0.25) is 9.59 Å². The summed E-state index contributed by atoms with van der Waals surface area (Å²) in [4.78, 5) is 35.0. The van der Waals surface area contributed by atoms with Gasteiger partial charge in [-0.15, -0.1) is 0 Å². The van der Waals surface area contributed by atoms with Crippen LogP contribution in [-0.4, -0.2) is 31.1 Å². The first-order valence-corrected chi connectivity index (χ1v) is 8.70. The molecule has 0 radical (unpaired) electrons. The molecule has 7 nitrogen and oxygen atoms in total. The van der Waals surface area contributed by atoms with Gasteiger partial charge in [-0.2, -0.15) is 0 Å². The molecule has 9 heteroatoms. The van der Waals surface area contributed by atoms with E-state index in [-0.39, 0.29) is 13.0 Å². The highest BCUT2D eigenvalue weighted by atomic mass is 35.5. The molecule has 0 fully saturated rings. The number of hydrogen-bond donors (Lipinski definition) is 3. The van der Waals surface area contributed by atoms with Gasteiger partial charge in [0.15, 0.2) is 6.61 Å². The zero-order valence-electron chi connectivity index (χ0n) is 14.1. The lowest BCUT2D eigenvalue weighted by atomic mass is 10.3. The lowest BCUT2D eigenvalue weighted by Gasteiger charge is -2.09. The molecule has 0 saturated heterocycles. The molecule has 0 aliphatic rings. The summed E-state index contributed by atoms with van der Waals surface area (Å²) in [6.07, 6.45) is -0.0672. The zero-order valence-corrected chi connectivity index (χ0v) is 15.6. The van der Waals surface area contributed by atoms with E-state index in [1.165, 1.54) is 12.1 Å². The maximum Gasteiger partial charge on any atom is 0.319 e. The number of amides is 3. The highest BCUT2D eigenvalue weighted by molar-refractivity contribution is 6.42. The van der Waals surface area contributed by atoms with E-state index in [0.29, 0.717) is 21.4 Å². The van der Waals surface area contributed by atoms with E-state index in [0.717, 1.165) is 0 Å². The Balaban J connectivity index is 1.63. The molecule has 0 atom stereocenters. The van der Waals surface area contributed by atoms with Gasteiger partial charge in [0.1, 0.15) is 0 Å². The van der Waals surface area contributed by atoms with Gasteiger partial charge < -0.3 is 20.7 Å². The van der Waals surface area contributed by atoms with Gasteiger partial charge in [0.05, 0.1) is 16.5 Å². The summed E-state index contributed by atoms with van der Waals surface area (Å²) in [6, 6.07) is 13.0. The Morgan fingerprint density at radius 2 is 1.63 bits per heavy atom. The van der Waals surface area contributed by atoms with Crippen molar-refractivity contribution in [3.05, 3.63) is 58.6 Å². The SMILES string of the molecule is O=C(COC(=O)CCNC(=O)Nc1ccccc1)Nc1ccc(Cl)c(Cl)c1. The van der Waals surface area contributed by atoms with Gasteiger partial charge in [0, 0.05) is 17.9 Å². The lowest BCUT2D eigenvalue weighted by molar-refractivity contribution is -0.147. The molecule has 3 amide bonds. The van der Waals surface area contributed by atoms with E-state index in [1.54, 1.807) is 30.3 Å². The maximum atomic E-state index is 11.8. The molecule has 2 aromatic carbocycles. The topological polar surface area (TPSA) is 96.5 Å². The Labute approximate surface area is 166 Å². The number of rotatable bonds is 7. The van der Waals surface area contributed by atoms with Gasteiger partial charge in [-0.1, -0.05) is 41.4 Å². The van der Waals surface area contributed by atoms with Crippen molar-refractivity contribution in [3.8, 4) is 0 Å². The average Bonchev–Trinajstić information content (AvgIpc) is 2.64. The molecule has 0 aromatic heterocycles. The normalized spacial score (nSPS) is 10.0. The van der Waals surface area contributed by atoms with E-state index < -0.39 is 24.5 Å². The number of para-hydroxylation sites is 1. The van der Waals surface area contributed by atoms with Crippen LogP contribution in [0.3, 0.4) is 0 Å². The minimum Gasteiger partial charge on any atom is -0.456 e. The summed E-state index contributed by atoms with van der Waals surface area (Å²) >= 11 is 11.6. The molecule has 27 heavy (non-hydrogen) atoms. The molecule has 142 valence electrons. The number of nitrogens with one attached hydrogen (secondary N) is 3. The predicted molar refractivity (Wildman–Crippen MR) is 104 cm³/mol. The van der Waals surface area contributed by atoms with Crippen LogP contribution in [0.4, 0.5) is 16.2 Å². The number of carbonyl (C=O) groups excluding carboxylic acids is 3. The number of anilines is 2. The largest absolute Gasteiger partial charge is 0.456 e. The third-order valence-corrected chi connectivity index (χ3v) is 3.95. The van der Waals surface area contributed by atoms with E-state index >= 15 is 0 Å². The number of carbonyl (C=O) groups is 3. The summed E-state index contributed by atoms with van der Waals surface area (Å²) in [5.41, 5.74) is 1.07. The maximum absolute atomic E-state index is 11.8. The fourth-order valence-electron chi connectivity index (χ4n) is 1.96. The Morgan fingerprint density at radius 3 is 2.33 bits per heavy atom. The molecule has 0 unspecified atom stereocenters. The minimum absolute atomic E-state index is 0.0672. The van der Waals surface area contributed by atoms with Crippen molar-refractivity contribution in [1.82, 2.24) is 5.32 Å². The second kappa shape index (κ2) is 10.4. The fraction of sp³-hybridized carbons (Fsp3) is 0.167.